The van der Waals surface area contributed by atoms with E-state index in [0.29, 0.717) is 5.95 Å². The number of hydrogen-bond donors (Lipinski definition) is 3. The zero-order chi connectivity index (χ0) is 15.4. The molecule has 2 atom stereocenters. The van der Waals surface area contributed by atoms with Crippen molar-refractivity contribution in [2.45, 2.75) is 32.1 Å². The van der Waals surface area contributed by atoms with Crippen LogP contribution in [0, 0.1) is 6.92 Å². The molecule has 0 radical (unpaired) electrons. The van der Waals surface area contributed by atoms with Gasteiger partial charge in [0.15, 0.2) is 0 Å². The van der Waals surface area contributed by atoms with Crippen LogP contribution in [-0.4, -0.2) is 45.8 Å². The smallest absolute Gasteiger partial charge is 0.226 e. The van der Waals surface area contributed by atoms with Gasteiger partial charge in [0.25, 0.3) is 0 Å². The minimum Gasteiger partial charge on any atom is -0.395 e. The van der Waals surface area contributed by atoms with Crippen LogP contribution in [0.25, 0.3) is 10.2 Å². The summed E-state index contributed by atoms with van der Waals surface area (Å²) in [7, 11) is 0. The van der Waals surface area contributed by atoms with Crippen molar-refractivity contribution < 1.29 is 5.11 Å². The van der Waals surface area contributed by atoms with E-state index in [1.54, 1.807) is 23.1 Å². The van der Waals surface area contributed by atoms with Crippen molar-refractivity contribution in [2.75, 3.05) is 30.0 Å². The summed E-state index contributed by atoms with van der Waals surface area (Å²) in [5, 5.41) is 17.2. The van der Waals surface area contributed by atoms with Crippen LogP contribution in [0.3, 0.4) is 0 Å². The molecule has 2 unspecified atom stereocenters. The highest BCUT2D eigenvalue weighted by Gasteiger charge is 2.18. The number of nitrogens with zero attached hydrogens (tertiary/aromatic N) is 2. The highest BCUT2D eigenvalue weighted by molar-refractivity contribution is 7.99. The maximum atomic E-state index is 9.43. The van der Waals surface area contributed by atoms with Crippen molar-refractivity contribution in [1.82, 2.24) is 9.97 Å². The Hall–Kier alpha value is -1.05. The van der Waals surface area contributed by atoms with Gasteiger partial charge >= 0.3 is 0 Å². The monoisotopic (exact) mass is 326 g/mol. The van der Waals surface area contributed by atoms with E-state index < -0.39 is 0 Å². The molecule has 0 aliphatic carbocycles. The Labute approximate surface area is 133 Å². The van der Waals surface area contributed by atoms with Crippen LogP contribution in [0.1, 0.15) is 18.7 Å². The molecule has 2 aromatic rings. The standard InChI is InChI=1S/C14H22N4OS2/c1-5-15-14-17-12(16-9(3)11(7-19)20-4)10-6-8(2)21-13(10)18-14/h6,9,11,19H,5,7H2,1-4H3,(H2,15,16,17,18). The maximum Gasteiger partial charge on any atom is 0.226 e. The number of thioether (sulfide) groups is 1. The third-order valence-corrected chi connectivity index (χ3v) is 5.36. The number of rotatable bonds is 7. The minimum atomic E-state index is 0.123. The molecule has 0 saturated carbocycles. The van der Waals surface area contributed by atoms with E-state index in [-0.39, 0.29) is 17.9 Å². The molecule has 0 aliphatic heterocycles. The van der Waals surface area contributed by atoms with Crippen molar-refractivity contribution in [1.29, 1.82) is 0 Å². The molecule has 0 aliphatic rings. The molecule has 2 heterocycles. The fraction of sp³-hybridized carbons (Fsp3) is 0.571. The number of nitrogens with one attached hydrogen (secondary N) is 2. The van der Waals surface area contributed by atoms with Crippen molar-refractivity contribution >= 4 is 45.1 Å². The molecular formula is C14H22N4OS2. The van der Waals surface area contributed by atoms with E-state index >= 15 is 0 Å². The van der Waals surface area contributed by atoms with E-state index in [9.17, 15) is 5.11 Å². The number of aryl methyl sites for hydroxylation is 1. The molecular weight excluding hydrogens is 304 g/mol. The Bertz CT molecular complexity index is 598. The van der Waals surface area contributed by atoms with Gasteiger partial charge < -0.3 is 15.7 Å². The molecule has 0 spiro atoms. The highest BCUT2D eigenvalue weighted by Crippen LogP contribution is 2.30. The van der Waals surface area contributed by atoms with E-state index in [1.807, 2.05) is 13.2 Å². The fourth-order valence-corrected chi connectivity index (χ4v) is 3.64. The first-order valence-electron chi connectivity index (χ1n) is 7.01. The number of aliphatic hydroxyl groups excluding tert-OH is 1. The van der Waals surface area contributed by atoms with Gasteiger partial charge in [0.1, 0.15) is 10.6 Å². The summed E-state index contributed by atoms with van der Waals surface area (Å²) in [5.41, 5.74) is 0. The summed E-state index contributed by atoms with van der Waals surface area (Å²) in [5.74, 6) is 1.48. The topological polar surface area (TPSA) is 70.1 Å². The lowest BCUT2D eigenvalue weighted by Crippen LogP contribution is -2.31. The van der Waals surface area contributed by atoms with E-state index in [0.717, 1.165) is 22.6 Å². The number of thiophene rings is 1. The largest absolute Gasteiger partial charge is 0.395 e. The quantitative estimate of drug-likeness (QED) is 0.727. The number of aromatic nitrogens is 2. The first kappa shape index (κ1) is 16.3. The molecule has 5 nitrogen and oxygen atoms in total. The molecule has 116 valence electrons. The second-order valence-electron chi connectivity index (χ2n) is 4.89. The predicted molar refractivity (Wildman–Crippen MR) is 93.8 cm³/mol. The van der Waals surface area contributed by atoms with Gasteiger partial charge in [0.05, 0.1) is 12.0 Å². The lowest BCUT2D eigenvalue weighted by atomic mass is 10.2. The molecule has 0 aromatic carbocycles. The van der Waals surface area contributed by atoms with E-state index in [2.05, 4.69) is 40.5 Å². The summed E-state index contributed by atoms with van der Waals surface area (Å²) in [6.45, 7) is 7.10. The van der Waals surface area contributed by atoms with Crippen molar-refractivity contribution in [3.63, 3.8) is 0 Å². The van der Waals surface area contributed by atoms with Gasteiger partial charge in [0.2, 0.25) is 5.95 Å². The number of aliphatic hydroxyl groups is 1. The van der Waals surface area contributed by atoms with Gasteiger partial charge in [-0.15, -0.1) is 11.3 Å². The molecule has 2 aromatic heterocycles. The molecule has 0 saturated heterocycles. The Kier molecular flexibility index (Phi) is 5.66. The molecule has 2 rings (SSSR count). The molecule has 3 N–H and O–H groups in total. The Morgan fingerprint density at radius 1 is 1.43 bits per heavy atom. The lowest BCUT2D eigenvalue weighted by molar-refractivity contribution is 0.288. The van der Waals surface area contributed by atoms with Crippen LogP contribution in [0.4, 0.5) is 11.8 Å². The predicted octanol–water partition coefficient (Wildman–Crippen LogP) is 2.96. The van der Waals surface area contributed by atoms with Crippen LogP contribution in [0.5, 0.6) is 0 Å². The highest BCUT2D eigenvalue weighted by atomic mass is 32.2. The van der Waals surface area contributed by atoms with Crippen LogP contribution in [0.2, 0.25) is 0 Å². The van der Waals surface area contributed by atoms with Gasteiger partial charge in [-0.1, -0.05) is 0 Å². The molecule has 0 amide bonds. The molecule has 7 heteroatoms. The lowest BCUT2D eigenvalue weighted by Gasteiger charge is -2.22. The number of anilines is 2. The Balaban J connectivity index is 2.36. The first-order valence-corrected chi connectivity index (χ1v) is 9.11. The third-order valence-electron chi connectivity index (χ3n) is 3.26. The van der Waals surface area contributed by atoms with Crippen LogP contribution < -0.4 is 10.6 Å². The number of fused-ring (bicyclic) bond motifs is 1. The second kappa shape index (κ2) is 7.29. The SMILES string of the molecule is CCNc1nc(NC(C)C(CO)SC)c2cc(C)sc2n1. The zero-order valence-corrected chi connectivity index (χ0v) is 14.4. The Morgan fingerprint density at radius 2 is 2.19 bits per heavy atom. The summed E-state index contributed by atoms with van der Waals surface area (Å²) in [4.78, 5) is 11.3. The third kappa shape index (κ3) is 3.78. The summed E-state index contributed by atoms with van der Waals surface area (Å²) < 4.78 is 0. The average molecular weight is 326 g/mol. The molecule has 0 bridgehead atoms. The van der Waals surface area contributed by atoms with Crippen molar-refractivity contribution in [2.24, 2.45) is 0 Å². The zero-order valence-electron chi connectivity index (χ0n) is 12.8. The number of hydrogen-bond acceptors (Lipinski definition) is 7. The van der Waals surface area contributed by atoms with Gasteiger partial charge in [-0.3, -0.25) is 0 Å². The summed E-state index contributed by atoms with van der Waals surface area (Å²) >= 11 is 3.32. The van der Waals surface area contributed by atoms with E-state index in [4.69, 9.17) is 0 Å². The average Bonchev–Trinajstić information content (AvgIpc) is 2.81. The minimum absolute atomic E-state index is 0.123. The van der Waals surface area contributed by atoms with Gasteiger partial charge in [-0.25, -0.2) is 4.98 Å². The van der Waals surface area contributed by atoms with Crippen molar-refractivity contribution in [3.8, 4) is 0 Å². The maximum absolute atomic E-state index is 9.43. The second-order valence-corrected chi connectivity index (χ2v) is 7.20. The van der Waals surface area contributed by atoms with Crippen LogP contribution >= 0.6 is 23.1 Å². The van der Waals surface area contributed by atoms with Gasteiger partial charge in [-0.05, 0) is 33.1 Å². The first-order chi connectivity index (χ1) is 10.1. The summed E-state index contributed by atoms with van der Waals surface area (Å²) in [6, 6.07) is 2.23. The normalized spacial score (nSPS) is 14.1. The van der Waals surface area contributed by atoms with Gasteiger partial charge in [0, 0.05) is 22.7 Å². The van der Waals surface area contributed by atoms with Gasteiger partial charge in [-0.2, -0.15) is 16.7 Å². The Morgan fingerprint density at radius 3 is 2.81 bits per heavy atom. The van der Waals surface area contributed by atoms with Crippen LogP contribution in [0.15, 0.2) is 6.07 Å². The van der Waals surface area contributed by atoms with E-state index in [1.165, 1.54) is 4.88 Å². The van der Waals surface area contributed by atoms with Crippen LogP contribution in [-0.2, 0) is 0 Å². The molecule has 0 fully saturated rings. The molecule has 21 heavy (non-hydrogen) atoms. The fourth-order valence-electron chi connectivity index (χ4n) is 2.13. The summed E-state index contributed by atoms with van der Waals surface area (Å²) in [6.07, 6.45) is 2.01. The van der Waals surface area contributed by atoms with Crippen molar-refractivity contribution in [3.05, 3.63) is 10.9 Å².